The van der Waals surface area contributed by atoms with E-state index in [2.05, 4.69) is 37.4 Å². The minimum Gasteiger partial charge on any atom is -0.487 e. The zero-order chi connectivity index (χ0) is 13.9. The van der Waals surface area contributed by atoms with Gasteiger partial charge in [0.15, 0.2) is 0 Å². The third-order valence-corrected chi connectivity index (χ3v) is 4.14. The van der Waals surface area contributed by atoms with E-state index < -0.39 is 10.8 Å². The van der Waals surface area contributed by atoms with Crippen LogP contribution in [0.3, 0.4) is 0 Å². The zero-order valence-electron chi connectivity index (χ0n) is 12.0. The Morgan fingerprint density at radius 3 is 2.95 bits per heavy atom. The van der Waals surface area contributed by atoms with E-state index in [0.717, 1.165) is 37.4 Å². The molecule has 0 bridgehead atoms. The molecule has 4 heteroatoms. The van der Waals surface area contributed by atoms with Crippen molar-refractivity contribution in [1.29, 1.82) is 0 Å². The smallest absolute Gasteiger partial charge is 0.127 e. The Labute approximate surface area is 118 Å². The Hall–Kier alpha value is -0.870. The number of nitrogens with one attached hydrogen (secondary N) is 1. The van der Waals surface area contributed by atoms with Crippen LogP contribution in [-0.4, -0.2) is 28.4 Å². The lowest BCUT2D eigenvalue weighted by atomic mass is 10.0. The van der Waals surface area contributed by atoms with Gasteiger partial charge in [0, 0.05) is 41.3 Å². The van der Waals surface area contributed by atoms with E-state index >= 15 is 0 Å². The van der Waals surface area contributed by atoms with Crippen molar-refractivity contribution in [3.05, 3.63) is 29.3 Å². The maximum atomic E-state index is 11.0. The topological polar surface area (TPSA) is 38.3 Å². The molecule has 19 heavy (non-hydrogen) atoms. The van der Waals surface area contributed by atoms with Crippen LogP contribution in [0.25, 0.3) is 0 Å². The van der Waals surface area contributed by atoms with E-state index in [4.69, 9.17) is 4.74 Å². The van der Waals surface area contributed by atoms with E-state index in [0.29, 0.717) is 0 Å². The van der Waals surface area contributed by atoms with Gasteiger partial charge in [-0.15, -0.1) is 0 Å². The minimum absolute atomic E-state index is 0.0858. The molecule has 0 fully saturated rings. The Morgan fingerprint density at radius 1 is 1.42 bits per heavy atom. The molecular weight excluding hydrogens is 258 g/mol. The summed E-state index contributed by atoms with van der Waals surface area (Å²) in [7, 11) is -0.688. The lowest BCUT2D eigenvalue weighted by molar-refractivity contribution is 0.137. The molecule has 1 aliphatic heterocycles. The van der Waals surface area contributed by atoms with Crippen molar-refractivity contribution in [1.82, 2.24) is 5.32 Å². The van der Waals surface area contributed by atoms with Gasteiger partial charge in [-0.1, -0.05) is 18.2 Å². The van der Waals surface area contributed by atoms with Crippen LogP contribution in [0.2, 0.25) is 0 Å². The van der Waals surface area contributed by atoms with Gasteiger partial charge in [-0.3, -0.25) is 4.21 Å². The number of fused-ring (bicyclic) bond motifs is 1. The summed E-state index contributed by atoms with van der Waals surface area (Å²) in [4.78, 5) is 0. The standard InChI is InChI=1S/C15H23NO2S/c1-15(2)10-12-6-4-7-13(14(12)18-15)11-16-8-5-9-19(3)17/h4,6-7,16H,5,8-11H2,1-3H3. The highest BCUT2D eigenvalue weighted by Crippen LogP contribution is 2.37. The lowest BCUT2D eigenvalue weighted by Gasteiger charge is -2.18. The van der Waals surface area contributed by atoms with Gasteiger partial charge in [0.25, 0.3) is 0 Å². The predicted octanol–water partition coefficient (Wildman–Crippen LogP) is 2.26. The third-order valence-electron chi connectivity index (χ3n) is 3.27. The fraction of sp³-hybridized carbons (Fsp3) is 0.600. The first kappa shape index (κ1) is 14.5. The first-order valence-electron chi connectivity index (χ1n) is 6.78. The molecule has 0 saturated carbocycles. The molecule has 1 aromatic carbocycles. The van der Waals surface area contributed by atoms with Crippen LogP contribution in [0.5, 0.6) is 5.75 Å². The maximum absolute atomic E-state index is 11.0. The van der Waals surface area contributed by atoms with Crippen LogP contribution < -0.4 is 10.1 Å². The second kappa shape index (κ2) is 6.06. The zero-order valence-corrected chi connectivity index (χ0v) is 12.8. The quantitative estimate of drug-likeness (QED) is 0.813. The molecule has 1 N–H and O–H groups in total. The summed E-state index contributed by atoms with van der Waals surface area (Å²) in [6, 6.07) is 6.36. The van der Waals surface area contributed by atoms with Gasteiger partial charge in [0.1, 0.15) is 11.4 Å². The molecule has 0 radical (unpaired) electrons. The Bertz CT molecular complexity index is 471. The third kappa shape index (κ3) is 4.05. The average Bonchev–Trinajstić information content (AvgIpc) is 2.63. The maximum Gasteiger partial charge on any atom is 0.127 e. The van der Waals surface area contributed by atoms with Crippen molar-refractivity contribution in [2.75, 3.05) is 18.6 Å². The first-order valence-corrected chi connectivity index (χ1v) is 8.51. The van der Waals surface area contributed by atoms with Crippen molar-refractivity contribution in [3.63, 3.8) is 0 Å². The van der Waals surface area contributed by atoms with E-state index in [-0.39, 0.29) is 5.60 Å². The fourth-order valence-electron chi connectivity index (χ4n) is 2.44. The molecule has 1 heterocycles. The Kier molecular flexibility index (Phi) is 4.63. The molecule has 2 rings (SSSR count). The fourth-order valence-corrected chi connectivity index (χ4v) is 2.99. The molecule has 0 aromatic heterocycles. The van der Waals surface area contributed by atoms with Gasteiger partial charge in [-0.2, -0.15) is 0 Å². The SMILES string of the molecule is CS(=O)CCCNCc1cccc2c1OC(C)(C)C2. The Balaban J connectivity index is 1.89. The molecule has 106 valence electrons. The molecule has 1 aliphatic rings. The van der Waals surface area contributed by atoms with E-state index in [1.807, 2.05) is 0 Å². The second-order valence-corrected chi connectivity index (χ2v) is 7.31. The molecule has 1 unspecified atom stereocenters. The number of rotatable bonds is 6. The van der Waals surface area contributed by atoms with Gasteiger partial charge in [0.05, 0.1) is 0 Å². The highest BCUT2D eigenvalue weighted by molar-refractivity contribution is 7.84. The first-order chi connectivity index (χ1) is 8.98. The van der Waals surface area contributed by atoms with Crippen molar-refractivity contribution >= 4 is 10.8 Å². The molecule has 1 atom stereocenters. The van der Waals surface area contributed by atoms with Gasteiger partial charge in [0.2, 0.25) is 0 Å². The number of benzene rings is 1. The average molecular weight is 281 g/mol. The van der Waals surface area contributed by atoms with E-state index in [1.165, 1.54) is 11.1 Å². The van der Waals surface area contributed by atoms with Crippen LogP contribution in [0.15, 0.2) is 18.2 Å². The number of ether oxygens (including phenoxy) is 1. The summed E-state index contributed by atoms with van der Waals surface area (Å²) < 4.78 is 17.0. The van der Waals surface area contributed by atoms with Gasteiger partial charge < -0.3 is 10.1 Å². The summed E-state index contributed by atoms with van der Waals surface area (Å²) in [6.45, 7) is 5.96. The molecule has 3 nitrogen and oxygen atoms in total. The molecular formula is C15H23NO2S. The number of hydrogen-bond donors (Lipinski definition) is 1. The van der Waals surface area contributed by atoms with E-state index in [9.17, 15) is 4.21 Å². The number of para-hydroxylation sites is 1. The van der Waals surface area contributed by atoms with Gasteiger partial charge in [-0.05, 0) is 32.4 Å². The molecule has 0 amide bonds. The molecule has 1 aromatic rings. The largest absolute Gasteiger partial charge is 0.487 e. The summed E-state index contributed by atoms with van der Waals surface area (Å²) in [5.41, 5.74) is 2.44. The van der Waals surface area contributed by atoms with Crippen LogP contribution in [0.4, 0.5) is 0 Å². The number of hydrogen-bond acceptors (Lipinski definition) is 3. The molecule has 0 saturated heterocycles. The summed E-state index contributed by atoms with van der Waals surface area (Å²) in [5, 5.41) is 3.40. The predicted molar refractivity (Wildman–Crippen MR) is 80.1 cm³/mol. The van der Waals surface area contributed by atoms with Gasteiger partial charge in [-0.25, -0.2) is 0 Å². The van der Waals surface area contributed by atoms with Gasteiger partial charge >= 0.3 is 0 Å². The molecule has 0 aliphatic carbocycles. The van der Waals surface area contributed by atoms with Crippen molar-refractivity contribution < 1.29 is 8.95 Å². The summed E-state index contributed by atoms with van der Waals surface area (Å²) >= 11 is 0. The van der Waals surface area contributed by atoms with Crippen molar-refractivity contribution in [3.8, 4) is 5.75 Å². The van der Waals surface area contributed by atoms with E-state index in [1.54, 1.807) is 6.26 Å². The van der Waals surface area contributed by atoms with Crippen LogP contribution in [-0.2, 0) is 23.8 Å². The lowest BCUT2D eigenvalue weighted by Crippen LogP contribution is -2.25. The van der Waals surface area contributed by atoms with Crippen LogP contribution in [0.1, 0.15) is 31.4 Å². The highest BCUT2D eigenvalue weighted by Gasteiger charge is 2.31. The Morgan fingerprint density at radius 2 is 2.21 bits per heavy atom. The van der Waals surface area contributed by atoms with Crippen LogP contribution >= 0.6 is 0 Å². The van der Waals surface area contributed by atoms with Crippen molar-refractivity contribution in [2.24, 2.45) is 0 Å². The highest BCUT2D eigenvalue weighted by atomic mass is 32.2. The summed E-state index contributed by atoms with van der Waals surface area (Å²) in [5.74, 6) is 1.82. The van der Waals surface area contributed by atoms with Crippen LogP contribution in [0, 0.1) is 0 Å². The normalized spacial score (nSPS) is 17.8. The minimum atomic E-state index is -0.688. The molecule has 0 spiro atoms. The van der Waals surface area contributed by atoms with Crippen molar-refractivity contribution in [2.45, 2.75) is 38.8 Å². The summed E-state index contributed by atoms with van der Waals surface area (Å²) in [6.07, 6.45) is 3.68. The second-order valence-electron chi connectivity index (χ2n) is 5.75. The monoisotopic (exact) mass is 281 g/mol.